The van der Waals surface area contributed by atoms with E-state index in [0.717, 1.165) is 0 Å². The lowest BCUT2D eigenvalue weighted by Gasteiger charge is -2.06. The Morgan fingerprint density at radius 1 is 1.00 bits per heavy atom. The van der Waals surface area contributed by atoms with Crippen molar-refractivity contribution in [2.24, 2.45) is 0 Å². The number of carbonyl (C=O) groups is 1. The Kier molecular flexibility index (Phi) is 3.18. The molecule has 0 spiro atoms. The molecule has 0 bridgehead atoms. The van der Waals surface area contributed by atoms with E-state index >= 15 is 0 Å². The first kappa shape index (κ1) is 11.8. The zero-order valence-electron chi connectivity index (χ0n) is 6.75. The first-order valence-electron chi connectivity index (χ1n) is 3.37. The van der Waals surface area contributed by atoms with Crippen molar-refractivity contribution in [1.82, 2.24) is 5.54 Å². The van der Waals surface area contributed by atoms with Gasteiger partial charge in [-0.25, -0.2) is 17.6 Å². The van der Waals surface area contributed by atoms with Gasteiger partial charge in [-0.1, -0.05) is 4.48 Å². The summed E-state index contributed by atoms with van der Waals surface area (Å²) in [6, 6.07) is 0. The van der Waals surface area contributed by atoms with Gasteiger partial charge in [0.2, 0.25) is 0 Å². The van der Waals surface area contributed by atoms with Gasteiger partial charge in [0, 0.05) is 0 Å². The summed E-state index contributed by atoms with van der Waals surface area (Å²) in [7, 11) is 0. The number of rotatable bonds is 1. The number of amides is 1. The summed E-state index contributed by atoms with van der Waals surface area (Å²) in [5.41, 5.74) is -0.883. The van der Waals surface area contributed by atoms with E-state index in [1.807, 2.05) is 0 Å². The molecular formula is C7H2F5NOS. The molecule has 0 aliphatic rings. The molecule has 1 amide bonds. The number of hydrogen-bond donors (Lipinski definition) is 2. The van der Waals surface area contributed by atoms with Gasteiger partial charge in [-0.05, 0) is 0 Å². The quantitative estimate of drug-likeness (QED) is 0.255. The predicted molar refractivity (Wildman–Crippen MR) is 42.1 cm³/mol. The molecule has 0 heterocycles. The number of hydrogen-bond acceptors (Lipinski definition) is 2. The van der Waals surface area contributed by atoms with E-state index in [4.69, 9.17) is 0 Å². The van der Waals surface area contributed by atoms with Crippen molar-refractivity contribution in [3.8, 4) is 0 Å². The molecule has 0 aliphatic heterocycles. The topological polar surface area (TPSA) is 29.1 Å². The highest BCUT2D eigenvalue weighted by Gasteiger charge is 2.27. The van der Waals surface area contributed by atoms with Crippen LogP contribution in [0.4, 0.5) is 22.0 Å². The van der Waals surface area contributed by atoms with Crippen molar-refractivity contribution < 1.29 is 26.8 Å². The molecule has 0 saturated carbocycles. The molecule has 1 aromatic carbocycles. The number of carbonyl (C=O) groups excluding carboxylic acids is 1. The summed E-state index contributed by atoms with van der Waals surface area (Å²) in [5, 5.41) is 0. The van der Waals surface area contributed by atoms with Gasteiger partial charge in [0.25, 0.3) is 5.91 Å². The van der Waals surface area contributed by atoms with Gasteiger partial charge in [0.05, 0.1) is 10.5 Å². The Hall–Kier alpha value is -1.31. The smallest absolute Gasteiger partial charge is 0.267 e. The number of nitrogens with one attached hydrogen (secondary N) is 1. The molecule has 8 heteroatoms. The van der Waals surface area contributed by atoms with Crippen LogP contribution in [-0.4, -0.2) is 5.91 Å². The van der Waals surface area contributed by atoms with Crippen molar-refractivity contribution in [3.63, 3.8) is 0 Å². The van der Waals surface area contributed by atoms with Crippen LogP contribution in [0.1, 0.15) is 10.4 Å². The molecular weight excluding hydrogens is 241 g/mol. The van der Waals surface area contributed by atoms with Crippen LogP contribution >= 0.6 is 12.6 Å². The Morgan fingerprint density at radius 2 is 1.47 bits per heavy atom. The van der Waals surface area contributed by atoms with Crippen molar-refractivity contribution in [2.45, 2.75) is 4.90 Å². The fourth-order valence-electron chi connectivity index (χ4n) is 0.875. The molecule has 2 nitrogen and oxygen atoms in total. The third-order valence-electron chi connectivity index (χ3n) is 1.56. The van der Waals surface area contributed by atoms with Crippen LogP contribution < -0.4 is 5.54 Å². The van der Waals surface area contributed by atoms with E-state index in [2.05, 4.69) is 12.6 Å². The molecule has 0 atom stereocenters. The lowest BCUT2D eigenvalue weighted by atomic mass is 10.1. The molecule has 15 heavy (non-hydrogen) atoms. The van der Waals surface area contributed by atoms with Crippen LogP contribution in [0, 0.1) is 23.3 Å². The first-order valence-corrected chi connectivity index (χ1v) is 3.82. The summed E-state index contributed by atoms with van der Waals surface area (Å²) in [4.78, 5) is 9.53. The summed E-state index contributed by atoms with van der Waals surface area (Å²) in [6.07, 6.45) is 0. The molecule has 0 radical (unpaired) electrons. The lowest BCUT2D eigenvalue weighted by molar-refractivity contribution is 0.0849. The molecule has 0 aliphatic carbocycles. The van der Waals surface area contributed by atoms with E-state index in [9.17, 15) is 26.8 Å². The van der Waals surface area contributed by atoms with E-state index in [1.54, 1.807) is 0 Å². The van der Waals surface area contributed by atoms with Gasteiger partial charge < -0.3 is 0 Å². The van der Waals surface area contributed by atoms with Gasteiger partial charge in [0.1, 0.15) is 0 Å². The lowest BCUT2D eigenvalue weighted by Crippen LogP contribution is -2.19. The summed E-state index contributed by atoms with van der Waals surface area (Å²) >= 11 is 3.24. The maximum absolute atomic E-state index is 12.9. The summed E-state index contributed by atoms with van der Waals surface area (Å²) in [6.45, 7) is 0. The predicted octanol–water partition coefficient (Wildman–Crippen LogP) is 2.15. The molecule has 0 aromatic heterocycles. The Morgan fingerprint density at radius 3 is 1.93 bits per heavy atom. The highest BCUT2D eigenvalue weighted by atomic mass is 32.1. The highest BCUT2D eigenvalue weighted by molar-refractivity contribution is 7.80. The fourth-order valence-corrected chi connectivity index (χ4v) is 1.17. The van der Waals surface area contributed by atoms with Crippen LogP contribution in [0.5, 0.6) is 0 Å². The largest absolute Gasteiger partial charge is 0.283 e. The number of thiol groups is 1. The van der Waals surface area contributed by atoms with Gasteiger partial charge >= 0.3 is 0 Å². The Bertz CT molecular complexity index is 407. The van der Waals surface area contributed by atoms with Gasteiger partial charge in [0.15, 0.2) is 23.3 Å². The monoisotopic (exact) mass is 243 g/mol. The van der Waals surface area contributed by atoms with Crippen molar-refractivity contribution in [1.29, 1.82) is 0 Å². The summed E-state index contributed by atoms with van der Waals surface area (Å²) < 4.78 is 62.4. The van der Waals surface area contributed by atoms with E-state index in [0.29, 0.717) is 5.54 Å². The van der Waals surface area contributed by atoms with Crippen LogP contribution in [0.2, 0.25) is 0 Å². The molecule has 1 rings (SSSR count). The van der Waals surface area contributed by atoms with Crippen LogP contribution in [0.15, 0.2) is 4.90 Å². The van der Waals surface area contributed by atoms with Gasteiger partial charge in [-0.3, -0.25) is 4.79 Å². The number of halogens is 5. The van der Waals surface area contributed by atoms with E-state index in [-0.39, 0.29) is 0 Å². The van der Waals surface area contributed by atoms with Crippen molar-refractivity contribution >= 4 is 18.5 Å². The molecule has 0 saturated heterocycles. The fraction of sp³-hybridized carbons (Fsp3) is 0. The molecule has 0 fully saturated rings. The number of benzene rings is 1. The van der Waals surface area contributed by atoms with Gasteiger partial charge in [-0.15, -0.1) is 12.6 Å². The minimum absolute atomic E-state index is 0.453. The van der Waals surface area contributed by atoms with Crippen LogP contribution in [0.3, 0.4) is 0 Å². The zero-order valence-corrected chi connectivity index (χ0v) is 7.64. The molecule has 1 N–H and O–H groups in total. The molecule has 0 unspecified atom stereocenters. The Labute approximate surface area is 85.4 Å². The van der Waals surface area contributed by atoms with E-state index in [1.165, 1.54) is 0 Å². The average molecular weight is 243 g/mol. The van der Waals surface area contributed by atoms with E-state index < -0.39 is 39.6 Å². The maximum atomic E-state index is 12.9. The first-order chi connectivity index (χ1) is 6.91. The molecule has 1 aromatic rings. The second-order valence-electron chi connectivity index (χ2n) is 2.40. The SMILES string of the molecule is O=C(NF)c1c(F)c(F)c(F)c(F)c1S. The van der Waals surface area contributed by atoms with Crippen molar-refractivity contribution in [2.75, 3.05) is 0 Å². The van der Waals surface area contributed by atoms with Crippen LogP contribution in [-0.2, 0) is 0 Å². The second-order valence-corrected chi connectivity index (χ2v) is 2.85. The van der Waals surface area contributed by atoms with Crippen LogP contribution in [0.25, 0.3) is 0 Å². The van der Waals surface area contributed by atoms with Crippen molar-refractivity contribution in [3.05, 3.63) is 28.8 Å². The highest BCUT2D eigenvalue weighted by Crippen LogP contribution is 2.26. The third kappa shape index (κ3) is 1.76. The standard InChI is InChI=1S/C7H2F5NOS/c8-2-1(7(14)13-12)6(15)5(11)4(10)3(2)9/h15H,(H,13,14). The van der Waals surface area contributed by atoms with Gasteiger partial charge in [-0.2, -0.15) is 5.54 Å². The third-order valence-corrected chi connectivity index (χ3v) is 1.98. The average Bonchev–Trinajstić information content (AvgIpc) is 2.23. The minimum Gasteiger partial charge on any atom is -0.267 e. The minimum atomic E-state index is -2.20. The molecule has 82 valence electrons. The normalized spacial score (nSPS) is 10.3. The summed E-state index contributed by atoms with van der Waals surface area (Å²) in [5.74, 6) is -9.95. The Balaban J connectivity index is 3.60. The second kappa shape index (κ2) is 4.05. The zero-order chi connectivity index (χ0) is 11.7. The maximum Gasteiger partial charge on any atom is 0.283 e.